The van der Waals surface area contributed by atoms with Gasteiger partial charge >= 0.3 is 0 Å². The number of ether oxygens (including phenoxy) is 1. The standard InChI is InChI=1S/C13H15ClFN3O2/c1-2-5-19-7-11(16)12-17-13(20-18-12)8-3-4-10(15)9(14)6-8/h3-4,6,11H,2,5,7,16H2,1H3. The minimum atomic E-state index is -0.500. The van der Waals surface area contributed by atoms with Gasteiger partial charge in [0.2, 0.25) is 0 Å². The number of hydrogen-bond acceptors (Lipinski definition) is 5. The van der Waals surface area contributed by atoms with Gasteiger partial charge in [-0.1, -0.05) is 23.7 Å². The molecule has 0 amide bonds. The van der Waals surface area contributed by atoms with Crippen LogP contribution >= 0.6 is 11.6 Å². The van der Waals surface area contributed by atoms with Crippen molar-refractivity contribution in [2.75, 3.05) is 13.2 Å². The number of nitrogens with two attached hydrogens (primary N) is 1. The van der Waals surface area contributed by atoms with E-state index in [1.165, 1.54) is 18.2 Å². The molecule has 0 radical (unpaired) electrons. The minimum absolute atomic E-state index is 0.00201. The van der Waals surface area contributed by atoms with Crippen LogP contribution in [0.4, 0.5) is 4.39 Å². The lowest BCUT2D eigenvalue weighted by Crippen LogP contribution is -2.18. The molecule has 0 fully saturated rings. The lowest BCUT2D eigenvalue weighted by molar-refractivity contribution is 0.119. The Bertz CT molecular complexity index is 576. The molecule has 0 aliphatic rings. The summed E-state index contributed by atoms with van der Waals surface area (Å²) in [5, 5.41) is 3.79. The van der Waals surface area contributed by atoms with Gasteiger partial charge in [0.05, 0.1) is 17.7 Å². The third kappa shape index (κ3) is 3.53. The zero-order chi connectivity index (χ0) is 14.5. The Kier molecular flexibility index (Phi) is 5.05. The van der Waals surface area contributed by atoms with Crippen molar-refractivity contribution in [2.45, 2.75) is 19.4 Å². The van der Waals surface area contributed by atoms with Gasteiger partial charge in [0.15, 0.2) is 5.82 Å². The average Bonchev–Trinajstić information content (AvgIpc) is 2.92. The molecule has 1 unspecified atom stereocenters. The van der Waals surface area contributed by atoms with Crippen molar-refractivity contribution in [3.05, 3.63) is 34.9 Å². The summed E-state index contributed by atoms with van der Waals surface area (Å²) in [4.78, 5) is 4.17. The van der Waals surface area contributed by atoms with Crippen LogP contribution in [0.15, 0.2) is 22.7 Å². The average molecular weight is 300 g/mol. The van der Waals surface area contributed by atoms with Crippen LogP contribution in [0.2, 0.25) is 5.02 Å². The zero-order valence-electron chi connectivity index (χ0n) is 11.0. The molecule has 2 aromatic rings. The predicted octanol–water partition coefficient (Wildman–Crippen LogP) is 2.96. The first-order valence-corrected chi connectivity index (χ1v) is 6.62. The number of hydrogen-bond donors (Lipinski definition) is 1. The third-order valence-corrected chi connectivity index (χ3v) is 2.88. The summed E-state index contributed by atoms with van der Waals surface area (Å²) >= 11 is 5.71. The van der Waals surface area contributed by atoms with E-state index in [1.54, 1.807) is 0 Å². The molecule has 7 heteroatoms. The van der Waals surface area contributed by atoms with Crippen molar-refractivity contribution >= 4 is 11.6 Å². The predicted molar refractivity (Wildman–Crippen MR) is 72.7 cm³/mol. The number of benzene rings is 1. The maximum atomic E-state index is 13.1. The van der Waals surface area contributed by atoms with Crippen molar-refractivity contribution in [1.29, 1.82) is 0 Å². The van der Waals surface area contributed by atoms with Crippen molar-refractivity contribution < 1.29 is 13.7 Å². The van der Waals surface area contributed by atoms with Gasteiger partial charge in [-0.05, 0) is 24.6 Å². The highest BCUT2D eigenvalue weighted by Gasteiger charge is 2.16. The maximum Gasteiger partial charge on any atom is 0.258 e. The van der Waals surface area contributed by atoms with Crippen LogP contribution in [0.5, 0.6) is 0 Å². The summed E-state index contributed by atoms with van der Waals surface area (Å²) in [7, 11) is 0. The maximum absolute atomic E-state index is 13.1. The molecule has 1 atom stereocenters. The van der Waals surface area contributed by atoms with E-state index in [0.717, 1.165) is 6.42 Å². The van der Waals surface area contributed by atoms with Crippen LogP contribution < -0.4 is 5.73 Å². The second-order valence-corrected chi connectivity index (χ2v) is 4.68. The lowest BCUT2D eigenvalue weighted by atomic mass is 10.2. The second-order valence-electron chi connectivity index (χ2n) is 4.27. The van der Waals surface area contributed by atoms with Crippen LogP contribution in [0.3, 0.4) is 0 Å². The van der Waals surface area contributed by atoms with Crippen molar-refractivity contribution in [1.82, 2.24) is 10.1 Å². The van der Waals surface area contributed by atoms with E-state index in [4.69, 9.17) is 26.6 Å². The molecule has 0 bridgehead atoms. The first kappa shape index (κ1) is 14.9. The van der Waals surface area contributed by atoms with Crippen LogP contribution in [0.25, 0.3) is 11.5 Å². The van der Waals surface area contributed by atoms with Gasteiger partial charge < -0.3 is 15.0 Å². The second kappa shape index (κ2) is 6.78. The Morgan fingerprint density at radius 3 is 3.00 bits per heavy atom. The first-order chi connectivity index (χ1) is 9.61. The molecule has 0 saturated heterocycles. The summed E-state index contributed by atoms with van der Waals surface area (Å²) in [6, 6.07) is 3.71. The molecule has 1 aromatic heterocycles. The van der Waals surface area contributed by atoms with Crippen LogP contribution in [0.1, 0.15) is 25.2 Å². The van der Waals surface area contributed by atoms with E-state index in [0.29, 0.717) is 24.6 Å². The smallest absolute Gasteiger partial charge is 0.258 e. The highest BCUT2D eigenvalue weighted by Crippen LogP contribution is 2.24. The molecule has 2 rings (SSSR count). The fraction of sp³-hybridized carbons (Fsp3) is 0.385. The van der Waals surface area contributed by atoms with Crippen LogP contribution in [0, 0.1) is 5.82 Å². The lowest BCUT2D eigenvalue weighted by Gasteiger charge is -2.06. The first-order valence-electron chi connectivity index (χ1n) is 6.24. The number of rotatable bonds is 6. The van der Waals surface area contributed by atoms with Gasteiger partial charge in [-0.15, -0.1) is 0 Å². The fourth-order valence-corrected chi connectivity index (χ4v) is 1.74. The Hall–Kier alpha value is -1.50. The topological polar surface area (TPSA) is 74.2 Å². The Labute approximate surface area is 120 Å². The van der Waals surface area contributed by atoms with Gasteiger partial charge in [-0.25, -0.2) is 4.39 Å². The van der Waals surface area contributed by atoms with Gasteiger partial charge in [0.25, 0.3) is 5.89 Å². The fourth-order valence-electron chi connectivity index (χ4n) is 1.56. The molecule has 0 aliphatic carbocycles. The molecule has 2 N–H and O–H groups in total. The summed E-state index contributed by atoms with van der Waals surface area (Å²) in [5.41, 5.74) is 6.42. The van der Waals surface area contributed by atoms with Gasteiger partial charge in [0, 0.05) is 12.2 Å². The molecule has 1 heterocycles. The van der Waals surface area contributed by atoms with E-state index in [-0.39, 0.29) is 10.9 Å². The number of halogens is 2. The quantitative estimate of drug-likeness (QED) is 0.830. The van der Waals surface area contributed by atoms with Gasteiger partial charge in [-0.3, -0.25) is 0 Å². The van der Waals surface area contributed by atoms with Crippen molar-refractivity contribution in [2.24, 2.45) is 5.73 Å². The summed E-state index contributed by atoms with van der Waals surface area (Å²) in [5.74, 6) is 0.0872. The Morgan fingerprint density at radius 2 is 2.30 bits per heavy atom. The highest BCUT2D eigenvalue weighted by molar-refractivity contribution is 6.31. The largest absolute Gasteiger partial charge is 0.379 e. The molecule has 0 saturated carbocycles. The summed E-state index contributed by atoms with van der Waals surface area (Å²) in [6.07, 6.45) is 0.915. The molecule has 0 aliphatic heterocycles. The van der Waals surface area contributed by atoms with Crippen LogP contribution in [-0.2, 0) is 4.74 Å². The van der Waals surface area contributed by atoms with Gasteiger partial charge in [0.1, 0.15) is 5.82 Å². The van der Waals surface area contributed by atoms with Crippen molar-refractivity contribution in [3.63, 3.8) is 0 Å². The van der Waals surface area contributed by atoms with E-state index < -0.39 is 11.9 Å². The molecule has 108 valence electrons. The number of nitrogens with zero attached hydrogens (tertiary/aromatic N) is 2. The third-order valence-electron chi connectivity index (χ3n) is 2.59. The molecular formula is C13H15ClFN3O2. The molecule has 20 heavy (non-hydrogen) atoms. The Morgan fingerprint density at radius 1 is 1.50 bits per heavy atom. The number of aromatic nitrogens is 2. The summed E-state index contributed by atoms with van der Waals surface area (Å²) in [6.45, 7) is 2.96. The van der Waals surface area contributed by atoms with Crippen molar-refractivity contribution in [3.8, 4) is 11.5 Å². The highest BCUT2D eigenvalue weighted by atomic mass is 35.5. The van der Waals surface area contributed by atoms with Gasteiger partial charge in [-0.2, -0.15) is 4.98 Å². The monoisotopic (exact) mass is 299 g/mol. The normalized spacial score (nSPS) is 12.6. The summed E-state index contributed by atoms with van der Waals surface area (Å²) < 4.78 is 23.5. The molecule has 0 spiro atoms. The minimum Gasteiger partial charge on any atom is -0.379 e. The Balaban J connectivity index is 2.09. The molecule has 1 aromatic carbocycles. The van der Waals surface area contributed by atoms with E-state index in [2.05, 4.69) is 10.1 Å². The van der Waals surface area contributed by atoms with E-state index in [1.807, 2.05) is 6.92 Å². The zero-order valence-corrected chi connectivity index (χ0v) is 11.7. The van der Waals surface area contributed by atoms with Crippen LogP contribution in [-0.4, -0.2) is 23.4 Å². The SMILES string of the molecule is CCCOCC(N)c1noc(-c2ccc(F)c(Cl)c2)n1. The van der Waals surface area contributed by atoms with E-state index >= 15 is 0 Å². The molecule has 5 nitrogen and oxygen atoms in total. The van der Waals surface area contributed by atoms with E-state index in [9.17, 15) is 4.39 Å². The molecular weight excluding hydrogens is 285 g/mol.